The van der Waals surface area contributed by atoms with Gasteiger partial charge in [0.25, 0.3) is 0 Å². The van der Waals surface area contributed by atoms with Gasteiger partial charge in [0.05, 0.1) is 12.3 Å². The average Bonchev–Trinajstić information content (AvgIpc) is 2.40. The van der Waals surface area contributed by atoms with Gasteiger partial charge in [-0.3, -0.25) is 0 Å². The van der Waals surface area contributed by atoms with Crippen LogP contribution in [0.5, 0.6) is 5.88 Å². The molecule has 1 rings (SSSR count). The minimum atomic E-state index is -0.480. The largest absolute Gasteiger partial charge is 0.476 e. The van der Waals surface area contributed by atoms with Crippen molar-refractivity contribution in [1.82, 2.24) is 10.3 Å². The number of hydrogen-bond donors (Lipinski definition) is 3. The number of aromatic nitrogens is 1. The number of hydrogen-bond acceptors (Lipinski definition) is 6. The van der Waals surface area contributed by atoms with Crippen LogP contribution in [0.2, 0.25) is 0 Å². The molecule has 7 nitrogen and oxygen atoms in total. The molecule has 0 bridgehead atoms. The maximum absolute atomic E-state index is 11.4. The summed E-state index contributed by atoms with van der Waals surface area (Å²) in [5, 5.41) is 5.85. The fourth-order valence-corrected chi connectivity index (χ4v) is 1.61. The summed E-state index contributed by atoms with van der Waals surface area (Å²) in [7, 11) is 0. The van der Waals surface area contributed by atoms with Gasteiger partial charge in [-0.15, -0.1) is 0 Å². The first-order valence-electron chi connectivity index (χ1n) is 7.42. The first-order chi connectivity index (χ1) is 10.3. The summed E-state index contributed by atoms with van der Waals surface area (Å²) in [5.41, 5.74) is 5.79. The van der Waals surface area contributed by atoms with Crippen LogP contribution in [0.1, 0.15) is 34.1 Å². The van der Waals surface area contributed by atoms with Gasteiger partial charge in [-0.2, -0.15) is 4.98 Å². The van der Waals surface area contributed by atoms with Crippen molar-refractivity contribution in [3.8, 4) is 5.88 Å². The molecule has 0 radical (unpaired) electrons. The molecule has 1 heterocycles. The molecule has 1 aromatic heterocycles. The summed E-state index contributed by atoms with van der Waals surface area (Å²) in [4.78, 5) is 15.7. The van der Waals surface area contributed by atoms with Crippen molar-refractivity contribution in [1.29, 1.82) is 0 Å². The second-order valence-electron chi connectivity index (χ2n) is 5.73. The van der Waals surface area contributed by atoms with Crippen LogP contribution in [-0.2, 0) is 4.74 Å². The van der Waals surface area contributed by atoms with E-state index in [4.69, 9.17) is 15.2 Å². The molecule has 4 N–H and O–H groups in total. The highest BCUT2D eigenvalue weighted by atomic mass is 16.6. The number of carbonyl (C=O) groups is 1. The Morgan fingerprint density at radius 2 is 2.05 bits per heavy atom. The van der Waals surface area contributed by atoms with Crippen LogP contribution >= 0.6 is 0 Å². The molecule has 0 fully saturated rings. The third-order valence-electron chi connectivity index (χ3n) is 2.50. The van der Waals surface area contributed by atoms with Crippen molar-refractivity contribution in [3.05, 3.63) is 12.1 Å². The Hall–Kier alpha value is -2.18. The van der Waals surface area contributed by atoms with E-state index in [9.17, 15) is 4.79 Å². The molecule has 1 aromatic rings. The first-order valence-corrected chi connectivity index (χ1v) is 7.42. The molecule has 22 heavy (non-hydrogen) atoms. The van der Waals surface area contributed by atoms with Crippen LogP contribution in [0, 0.1) is 0 Å². The topological polar surface area (TPSA) is 98.5 Å². The monoisotopic (exact) mass is 310 g/mol. The highest BCUT2D eigenvalue weighted by Gasteiger charge is 2.15. The lowest BCUT2D eigenvalue weighted by Crippen LogP contribution is -2.33. The fourth-order valence-electron chi connectivity index (χ4n) is 1.61. The number of nitrogens with two attached hydrogens (primary N) is 1. The lowest BCUT2D eigenvalue weighted by atomic mass is 10.2. The Morgan fingerprint density at radius 3 is 2.68 bits per heavy atom. The molecule has 0 aliphatic heterocycles. The first kappa shape index (κ1) is 17.9. The van der Waals surface area contributed by atoms with E-state index in [0.29, 0.717) is 37.1 Å². The number of amides is 1. The fraction of sp³-hybridized carbons (Fsp3) is 0.600. The van der Waals surface area contributed by atoms with Crippen molar-refractivity contribution in [3.63, 3.8) is 0 Å². The highest BCUT2D eigenvalue weighted by molar-refractivity contribution is 5.67. The van der Waals surface area contributed by atoms with Gasteiger partial charge in [0.1, 0.15) is 11.4 Å². The van der Waals surface area contributed by atoms with Crippen LogP contribution in [0.15, 0.2) is 12.1 Å². The zero-order valence-electron chi connectivity index (χ0n) is 13.7. The SMILES string of the molecule is CCOc1nc(NCCCNC(=O)OC(C)(C)C)ccc1N. The van der Waals surface area contributed by atoms with Crippen molar-refractivity contribution in [2.45, 2.75) is 39.7 Å². The molecule has 0 aliphatic rings. The van der Waals surface area contributed by atoms with Crippen LogP contribution in [0.25, 0.3) is 0 Å². The van der Waals surface area contributed by atoms with E-state index in [2.05, 4.69) is 15.6 Å². The van der Waals surface area contributed by atoms with Gasteiger partial charge >= 0.3 is 6.09 Å². The Morgan fingerprint density at radius 1 is 1.32 bits per heavy atom. The minimum absolute atomic E-state index is 0.406. The van der Waals surface area contributed by atoms with Gasteiger partial charge < -0.3 is 25.8 Å². The van der Waals surface area contributed by atoms with Crippen LogP contribution < -0.4 is 21.1 Å². The molecular formula is C15H26N4O3. The van der Waals surface area contributed by atoms with Gasteiger partial charge in [-0.05, 0) is 46.2 Å². The van der Waals surface area contributed by atoms with Gasteiger partial charge in [-0.1, -0.05) is 0 Å². The Labute approximate surface area is 131 Å². The summed E-state index contributed by atoms with van der Waals surface area (Å²) in [5.74, 6) is 1.12. The van der Waals surface area contributed by atoms with E-state index < -0.39 is 11.7 Å². The van der Waals surface area contributed by atoms with E-state index >= 15 is 0 Å². The Balaban J connectivity index is 2.27. The lowest BCUT2D eigenvalue weighted by molar-refractivity contribution is 0.0528. The third-order valence-corrected chi connectivity index (χ3v) is 2.50. The highest BCUT2D eigenvalue weighted by Crippen LogP contribution is 2.20. The van der Waals surface area contributed by atoms with Gasteiger partial charge in [0.15, 0.2) is 0 Å². The zero-order chi connectivity index (χ0) is 16.6. The third kappa shape index (κ3) is 7.01. The Bertz CT molecular complexity index is 486. The molecule has 0 spiro atoms. The summed E-state index contributed by atoms with van der Waals surface area (Å²) in [6.07, 6.45) is 0.340. The number of nitrogens with one attached hydrogen (secondary N) is 2. The smallest absolute Gasteiger partial charge is 0.407 e. The number of pyridine rings is 1. The van der Waals surface area contributed by atoms with Crippen molar-refractivity contribution < 1.29 is 14.3 Å². The van der Waals surface area contributed by atoms with Crippen LogP contribution in [-0.4, -0.2) is 36.4 Å². The van der Waals surface area contributed by atoms with Crippen molar-refractivity contribution in [2.75, 3.05) is 30.7 Å². The van der Waals surface area contributed by atoms with Gasteiger partial charge in [0.2, 0.25) is 5.88 Å². The molecular weight excluding hydrogens is 284 g/mol. The maximum atomic E-state index is 11.4. The number of nitrogens with zero attached hydrogens (tertiary/aromatic N) is 1. The molecule has 7 heteroatoms. The molecule has 1 amide bonds. The number of rotatable bonds is 7. The van der Waals surface area contributed by atoms with Crippen molar-refractivity contribution >= 4 is 17.6 Å². The molecule has 124 valence electrons. The van der Waals surface area contributed by atoms with Crippen molar-refractivity contribution in [2.24, 2.45) is 0 Å². The number of nitrogen functional groups attached to an aromatic ring is 1. The summed E-state index contributed by atoms with van der Waals surface area (Å²) >= 11 is 0. The molecule has 0 aliphatic carbocycles. The second kappa shape index (κ2) is 8.31. The lowest BCUT2D eigenvalue weighted by Gasteiger charge is -2.19. The van der Waals surface area contributed by atoms with E-state index in [0.717, 1.165) is 6.42 Å². The zero-order valence-corrected chi connectivity index (χ0v) is 13.7. The molecule has 0 saturated carbocycles. The van der Waals surface area contributed by atoms with Crippen LogP contribution in [0.3, 0.4) is 0 Å². The molecule has 0 saturated heterocycles. The normalized spacial score (nSPS) is 10.9. The summed E-state index contributed by atoms with van der Waals surface area (Å²) in [6.45, 7) is 9.07. The summed E-state index contributed by atoms with van der Waals surface area (Å²) in [6, 6.07) is 3.54. The van der Waals surface area contributed by atoms with E-state index in [1.54, 1.807) is 12.1 Å². The second-order valence-corrected chi connectivity index (χ2v) is 5.73. The summed E-state index contributed by atoms with van der Waals surface area (Å²) < 4.78 is 10.5. The predicted octanol–water partition coefficient (Wildman–Crippen LogP) is 2.39. The van der Waals surface area contributed by atoms with E-state index in [1.165, 1.54) is 0 Å². The minimum Gasteiger partial charge on any atom is -0.476 e. The predicted molar refractivity (Wildman–Crippen MR) is 87.2 cm³/mol. The van der Waals surface area contributed by atoms with Crippen LogP contribution in [0.4, 0.5) is 16.3 Å². The van der Waals surface area contributed by atoms with E-state index in [-0.39, 0.29) is 0 Å². The quantitative estimate of drug-likeness (QED) is 0.669. The molecule has 0 atom stereocenters. The molecule has 0 aromatic carbocycles. The number of ether oxygens (including phenoxy) is 2. The van der Waals surface area contributed by atoms with Gasteiger partial charge in [0, 0.05) is 13.1 Å². The van der Waals surface area contributed by atoms with Gasteiger partial charge in [-0.25, -0.2) is 4.79 Å². The standard InChI is InChI=1S/C15H26N4O3/c1-5-21-13-11(16)7-8-12(19-13)17-9-6-10-18-14(20)22-15(2,3)4/h7-8H,5-6,9-10,16H2,1-4H3,(H,17,19)(H,18,20). The number of alkyl carbamates (subject to hydrolysis) is 1. The Kier molecular flexibility index (Phi) is 6.75. The number of carbonyl (C=O) groups excluding carboxylic acids is 1. The average molecular weight is 310 g/mol. The molecule has 0 unspecified atom stereocenters. The maximum Gasteiger partial charge on any atom is 0.407 e. The van der Waals surface area contributed by atoms with E-state index in [1.807, 2.05) is 27.7 Å². The number of anilines is 2.